The summed E-state index contributed by atoms with van der Waals surface area (Å²) in [6, 6.07) is 8.51. The third-order valence-corrected chi connectivity index (χ3v) is 4.37. The molecule has 0 bridgehead atoms. The fourth-order valence-electron chi connectivity index (χ4n) is 3.46. The Morgan fingerprint density at radius 3 is 3.11 bits per heavy atom. The van der Waals surface area contributed by atoms with Gasteiger partial charge >= 0.3 is 0 Å². The van der Waals surface area contributed by atoms with E-state index in [9.17, 15) is 4.79 Å². The number of fused-ring (bicyclic) bond motifs is 3. The molecule has 3 unspecified atom stereocenters. The van der Waals surface area contributed by atoms with E-state index in [1.807, 2.05) is 0 Å². The summed E-state index contributed by atoms with van der Waals surface area (Å²) in [5, 5.41) is 2.87. The van der Waals surface area contributed by atoms with Crippen LogP contribution in [0.4, 0.5) is 5.95 Å². The smallest absolute Gasteiger partial charge is 0.230 e. The molecular weight excluding hydrogens is 238 g/mol. The molecule has 4 rings (SSSR count). The number of aromatic amines is 1. The van der Waals surface area contributed by atoms with E-state index in [4.69, 9.17) is 0 Å². The number of carbonyl (C=O) groups excluding carboxylic acids is 1. The minimum Gasteiger partial charge on any atom is -0.331 e. The second kappa shape index (κ2) is 3.95. The van der Waals surface area contributed by atoms with Crippen molar-refractivity contribution in [1.29, 1.82) is 0 Å². The molecule has 4 heteroatoms. The first-order chi connectivity index (χ1) is 9.34. The molecule has 0 saturated heterocycles. The second-order valence-corrected chi connectivity index (χ2v) is 5.38. The lowest BCUT2D eigenvalue weighted by atomic mass is 9.92. The predicted octanol–water partition coefficient (Wildman–Crippen LogP) is 2.32. The molecule has 1 fully saturated rings. The normalized spacial score (nSPS) is 27.3. The molecule has 0 aliphatic heterocycles. The van der Waals surface area contributed by atoms with E-state index >= 15 is 0 Å². The van der Waals surface area contributed by atoms with Gasteiger partial charge in [-0.25, -0.2) is 4.98 Å². The van der Waals surface area contributed by atoms with Gasteiger partial charge < -0.3 is 4.98 Å². The lowest BCUT2D eigenvalue weighted by molar-refractivity contribution is -0.117. The van der Waals surface area contributed by atoms with Crippen molar-refractivity contribution in [3.05, 3.63) is 47.8 Å². The van der Waals surface area contributed by atoms with Gasteiger partial charge in [-0.15, -0.1) is 0 Å². The predicted molar refractivity (Wildman–Crippen MR) is 71.7 cm³/mol. The maximum atomic E-state index is 12.3. The average molecular weight is 253 g/mol. The molecule has 96 valence electrons. The molecule has 4 nitrogen and oxygen atoms in total. The standard InChI is InChI=1S/C15H15N3O/c19-14(18-15-16-7-8-17-15)13-11-6-5-9-3-1-2-4-10(9)12(11)13/h1-4,7-8,11-13H,5-6H2,(H2,16,17,18,19). The largest absolute Gasteiger partial charge is 0.331 e. The summed E-state index contributed by atoms with van der Waals surface area (Å²) < 4.78 is 0. The summed E-state index contributed by atoms with van der Waals surface area (Å²) >= 11 is 0. The molecule has 1 amide bonds. The van der Waals surface area contributed by atoms with Gasteiger partial charge in [0, 0.05) is 18.3 Å². The van der Waals surface area contributed by atoms with Crippen LogP contribution in [0.15, 0.2) is 36.7 Å². The van der Waals surface area contributed by atoms with Gasteiger partial charge in [-0.2, -0.15) is 0 Å². The molecule has 1 saturated carbocycles. The molecule has 2 aliphatic carbocycles. The number of benzene rings is 1. The number of hydrogen-bond donors (Lipinski definition) is 2. The van der Waals surface area contributed by atoms with E-state index in [2.05, 4.69) is 39.6 Å². The minimum absolute atomic E-state index is 0.0988. The van der Waals surface area contributed by atoms with Gasteiger partial charge in [-0.05, 0) is 35.8 Å². The van der Waals surface area contributed by atoms with Crippen LogP contribution in [-0.4, -0.2) is 15.9 Å². The number of imidazole rings is 1. The van der Waals surface area contributed by atoms with Crippen molar-refractivity contribution in [2.24, 2.45) is 11.8 Å². The number of aromatic nitrogens is 2. The fraction of sp³-hybridized carbons (Fsp3) is 0.333. The average Bonchev–Trinajstić information content (AvgIpc) is 2.98. The first kappa shape index (κ1) is 10.8. The number of nitrogens with one attached hydrogen (secondary N) is 2. The molecule has 0 radical (unpaired) electrons. The van der Waals surface area contributed by atoms with Gasteiger partial charge in [-0.1, -0.05) is 24.3 Å². The monoisotopic (exact) mass is 253 g/mol. The van der Waals surface area contributed by atoms with Crippen LogP contribution in [0.2, 0.25) is 0 Å². The molecule has 1 aromatic carbocycles. The highest BCUT2D eigenvalue weighted by Gasteiger charge is 2.57. The Morgan fingerprint density at radius 1 is 1.37 bits per heavy atom. The van der Waals surface area contributed by atoms with E-state index in [0.29, 0.717) is 17.8 Å². The third kappa shape index (κ3) is 1.67. The number of carbonyl (C=O) groups is 1. The van der Waals surface area contributed by atoms with Crippen LogP contribution >= 0.6 is 0 Å². The Hall–Kier alpha value is -2.10. The number of anilines is 1. The quantitative estimate of drug-likeness (QED) is 0.863. The fourth-order valence-corrected chi connectivity index (χ4v) is 3.46. The number of nitrogens with zero attached hydrogens (tertiary/aromatic N) is 1. The number of rotatable bonds is 2. The van der Waals surface area contributed by atoms with Gasteiger partial charge in [0.05, 0.1) is 0 Å². The van der Waals surface area contributed by atoms with E-state index in [1.54, 1.807) is 12.4 Å². The van der Waals surface area contributed by atoms with Crippen molar-refractivity contribution in [3.8, 4) is 0 Å². The summed E-state index contributed by atoms with van der Waals surface area (Å²) in [6.45, 7) is 0. The Labute approximate surface area is 111 Å². The first-order valence-electron chi connectivity index (χ1n) is 6.72. The van der Waals surface area contributed by atoms with Crippen molar-refractivity contribution in [3.63, 3.8) is 0 Å². The zero-order chi connectivity index (χ0) is 12.8. The zero-order valence-electron chi connectivity index (χ0n) is 10.5. The van der Waals surface area contributed by atoms with Crippen LogP contribution < -0.4 is 5.32 Å². The number of H-pyrrole nitrogens is 1. The van der Waals surface area contributed by atoms with Gasteiger partial charge in [0.1, 0.15) is 0 Å². The molecule has 2 N–H and O–H groups in total. The summed E-state index contributed by atoms with van der Waals surface area (Å²) in [4.78, 5) is 19.2. The van der Waals surface area contributed by atoms with Crippen LogP contribution in [0.1, 0.15) is 23.5 Å². The van der Waals surface area contributed by atoms with Crippen molar-refractivity contribution in [2.75, 3.05) is 5.32 Å². The van der Waals surface area contributed by atoms with Crippen molar-refractivity contribution in [1.82, 2.24) is 9.97 Å². The molecule has 3 atom stereocenters. The van der Waals surface area contributed by atoms with Gasteiger partial charge in [0.2, 0.25) is 11.9 Å². The van der Waals surface area contributed by atoms with Crippen molar-refractivity contribution < 1.29 is 4.79 Å². The molecular formula is C15H15N3O. The SMILES string of the molecule is O=C(Nc1ncc[nH]1)C1C2CCc3ccccc3C21. The number of hydrogen-bond acceptors (Lipinski definition) is 2. The zero-order valence-corrected chi connectivity index (χ0v) is 10.5. The summed E-state index contributed by atoms with van der Waals surface area (Å²) in [5.41, 5.74) is 2.79. The maximum absolute atomic E-state index is 12.3. The number of aryl methyl sites for hydroxylation is 1. The summed E-state index contributed by atoms with van der Waals surface area (Å²) in [6.07, 6.45) is 5.58. The lowest BCUT2D eigenvalue weighted by Crippen LogP contribution is -2.16. The lowest BCUT2D eigenvalue weighted by Gasteiger charge is -2.13. The maximum Gasteiger partial charge on any atom is 0.230 e. The molecule has 0 spiro atoms. The Morgan fingerprint density at radius 2 is 2.26 bits per heavy atom. The van der Waals surface area contributed by atoms with Gasteiger partial charge in [-0.3, -0.25) is 10.1 Å². The Kier molecular flexibility index (Phi) is 2.24. The summed E-state index contributed by atoms with van der Waals surface area (Å²) in [7, 11) is 0. The number of amides is 1. The van der Waals surface area contributed by atoms with Crippen molar-refractivity contribution in [2.45, 2.75) is 18.8 Å². The van der Waals surface area contributed by atoms with Crippen LogP contribution in [0, 0.1) is 11.8 Å². The molecule has 2 aromatic rings. The Balaban J connectivity index is 1.55. The van der Waals surface area contributed by atoms with Crippen LogP contribution in [0.3, 0.4) is 0 Å². The van der Waals surface area contributed by atoms with E-state index in [0.717, 1.165) is 12.8 Å². The van der Waals surface area contributed by atoms with Gasteiger partial charge in [0.25, 0.3) is 0 Å². The van der Waals surface area contributed by atoms with E-state index in [1.165, 1.54) is 11.1 Å². The molecule has 2 aliphatic rings. The van der Waals surface area contributed by atoms with Crippen molar-refractivity contribution >= 4 is 11.9 Å². The Bertz CT molecular complexity index is 620. The molecule has 1 heterocycles. The second-order valence-electron chi connectivity index (χ2n) is 5.38. The van der Waals surface area contributed by atoms with Crippen LogP contribution in [-0.2, 0) is 11.2 Å². The van der Waals surface area contributed by atoms with Crippen LogP contribution in [0.5, 0.6) is 0 Å². The van der Waals surface area contributed by atoms with Gasteiger partial charge in [0.15, 0.2) is 0 Å². The third-order valence-electron chi connectivity index (χ3n) is 4.37. The summed E-state index contributed by atoms with van der Waals surface area (Å²) in [5.74, 6) is 1.70. The minimum atomic E-state index is 0.0988. The molecule has 1 aromatic heterocycles. The highest BCUT2D eigenvalue weighted by molar-refractivity contribution is 5.94. The highest BCUT2D eigenvalue weighted by Crippen LogP contribution is 2.59. The highest BCUT2D eigenvalue weighted by atomic mass is 16.2. The first-order valence-corrected chi connectivity index (χ1v) is 6.72. The van der Waals surface area contributed by atoms with Crippen LogP contribution in [0.25, 0.3) is 0 Å². The molecule has 19 heavy (non-hydrogen) atoms. The topological polar surface area (TPSA) is 57.8 Å². The van der Waals surface area contributed by atoms with E-state index < -0.39 is 0 Å². The van der Waals surface area contributed by atoms with E-state index in [-0.39, 0.29) is 11.8 Å².